The number of nitrogens with zero attached hydrogens (tertiary/aromatic N) is 2. The fraction of sp³-hybridized carbons (Fsp3) is 0.357. The van der Waals surface area contributed by atoms with E-state index in [9.17, 15) is 4.79 Å². The molecule has 8 heteroatoms. The minimum atomic E-state index is -0.284. The van der Waals surface area contributed by atoms with Crippen molar-refractivity contribution in [2.45, 2.75) is 13.3 Å². The van der Waals surface area contributed by atoms with Crippen LogP contribution in [0.15, 0.2) is 18.2 Å². The van der Waals surface area contributed by atoms with E-state index in [1.54, 1.807) is 0 Å². The van der Waals surface area contributed by atoms with E-state index in [1.165, 1.54) is 11.3 Å². The number of urea groups is 1. The second-order valence-electron chi connectivity index (χ2n) is 4.74. The minimum Gasteiger partial charge on any atom is -0.486 e. The summed E-state index contributed by atoms with van der Waals surface area (Å²) in [6, 6.07) is 5.53. The first-order valence-corrected chi connectivity index (χ1v) is 7.76. The lowest BCUT2D eigenvalue weighted by Gasteiger charge is -2.18. The maximum atomic E-state index is 11.7. The maximum absolute atomic E-state index is 11.7. The lowest BCUT2D eigenvalue weighted by molar-refractivity contribution is 0.171. The number of hydrogen-bond acceptors (Lipinski definition) is 6. The average molecular weight is 320 g/mol. The van der Waals surface area contributed by atoms with Crippen LogP contribution in [0.1, 0.15) is 10.6 Å². The Hall–Kier alpha value is -2.35. The Labute approximate surface area is 131 Å². The van der Waals surface area contributed by atoms with Crippen molar-refractivity contribution in [3.63, 3.8) is 0 Å². The molecule has 0 saturated heterocycles. The van der Waals surface area contributed by atoms with E-state index in [0.717, 1.165) is 22.1 Å². The van der Waals surface area contributed by atoms with Crippen LogP contribution in [0.5, 0.6) is 11.5 Å². The largest absolute Gasteiger partial charge is 0.486 e. The number of amides is 2. The first-order valence-electron chi connectivity index (χ1n) is 6.94. The van der Waals surface area contributed by atoms with Gasteiger partial charge in [-0.1, -0.05) is 17.4 Å². The van der Waals surface area contributed by atoms with Gasteiger partial charge in [0, 0.05) is 6.54 Å². The molecule has 0 atom stereocenters. The molecule has 0 unspecified atom stereocenters. The highest BCUT2D eigenvalue weighted by Crippen LogP contribution is 2.30. The summed E-state index contributed by atoms with van der Waals surface area (Å²) in [5, 5.41) is 14.4. The predicted molar refractivity (Wildman–Crippen MR) is 82.8 cm³/mol. The van der Waals surface area contributed by atoms with Crippen LogP contribution >= 0.6 is 11.3 Å². The molecule has 3 rings (SSSR count). The van der Waals surface area contributed by atoms with Gasteiger partial charge in [-0.3, -0.25) is 5.32 Å². The number of nitrogens with one attached hydrogen (secondary N) is 2. The van der Waals surface area contributed by atoms with E-state index < -0.39 is 0 Å². The molecule has 2 heterocycles. The Morgan fingerprint density at radius 2 is 2.09 bits per heavy atom. The number of benzene rings is 1. The molecular weight excluding hydrogens is 304 g/mol. The van der Waals surface area contributed by atoms with E-state index in [-0.39, 0.29) is 6.03 Å². The van der Waals surface area contributed by atoms with Gasteiger partial charge in [0.05, 0.1) is 0 Å². The molecule has 7 nitrogen and oxygen atoms in total. The molecule has 2 N–H and O–H groups in total. The van der Waals surface area contributed by atoms with E-state index in [0.29, 0.717) is 31.3 Å². The number of carbonyl (C=O) groups is 1. The van der Waals surface area contributed by atoms with Crippen molar-refractivity contribution in [1.29, 1.82) is 0 Å². The third-order valence-corrected chi connectivity index (χ3v) is 3.81. The number of ether oxygens (including phenoxy) is 2. The summed E-state index contributed by atoms with van der Waals surface area (Å²) in [6.45, 7) is 3.50. The molecule has 0 aliphatic carbocycles. The van der Waals surface area contributed by atoms with Gasteiger partial charge in [0.15, 0.2) is 11.5 Å². The Bertz CT molecular complexity index is 674. The number of aromatic nitrogens is 2. The molecule has 1 aromatic heterocycles. The zero-order valence-corrected chi connectivity index (χ0v) is 12.9. The summed E-state index contributed by atoms with van der Waals surface area (Å²) in [4.78, 5) is 11.7. The van der Waals surface area contributed by atoms with Gasteiger partial charge in [-0.25, -0.2) is 4.79 Å². The molecule has 1 aliphatic rings. The first kappa shape index (κ1) is 14.6. The van der Waals surface area contributed by atoms with Crippen molar-refractivity contribution < 1.29 is 14.3 Å². The van der Waals surface area contributed by atoms with Crippen LogP contribution in [-0.2, 0) is 6.42 Å². The van der Waals surface area contributed by atoms with Crippen molar-refractivity contribution in [2.24, 2.45) is 0 Å². The number of carbonyl (C=O) groups excluding carboxylic acids is 1. The Morgan fingerprint density at radius 1 is 1.27 bits per heavy atom. The van der Waals surface area contributed by atoms with Crippen molar-refractivity contribution in [1.82, 2.24) is 15.5 Å². The lowest BCUT2D eigenvalue weighted by atomic mass is 10.1. The summed E-state index contributed by atoms with van der Waals surface area (Å²) >= 11 is 1.34. The maximum Gasteiger partial charge on any atom is 0.321 e. The zero-order valence-electron chi connectivity index (χ0n) is 12.1. The Kier molecular flexibility index (Phi) is 4.38. The molecule has 116 valence electrons. The monoisotopic (exact) mass is 320 g/mol. The van der Waals surface area contributed by atoms with E-state index in [4.69, 9.17) is 9.47 Å². The van der Waals surface area contributed by atoms with Crippen LogP contribution in [0.4, 0.5) is 9.93 Å². The number of anilines is 1. The molecular formula is C14H16N4O3S. The summed E-state index contributed by atoms with van der Waals surface area (Å²) in [5.74, 6) is 1.53. The van der Waals surface area contributed by atoms with Crippen LogP contribution in [0, 0.1) is 6.92 Å². The van der Waals surface area contributed by atoms with E-state index in [1.807, 2.05) is 25.1 Å². The topological polar surface area (TPSA) is 85.4 Å². The summed E-state index contributed by atoms with van der Waals surface area (Å²) in [7, 11) is 0. The van der Waals surface area contributed by atoms with Crippen molar-refractivity contribution >= 4 is 22.5 Å². The number of aryl methyl sites for hydroxylation is 1. The quantitative estimate of drug-likeness (QED) is 0.900. The van der Waals surface area contributed by atoms with Gasteiger partial charge in [-0.05, 0) is 31.0 Å². The van der Waals surface area contributed by atoms with Gasteiger partial charge >= 0.3 is 6.03 Å². The van der Waals surface area contributed by atoms with Crippen molar-refractivity contribution in [3.05, 3.63) is 28.8 Å². The van der Waals surface area contributed by atoms with Crippen LogP contribution in [0.25, 0.3) is 0 Å². The molecule has 0 fully saturated rings. The SMILES string of the molecule is Cc1nnc(NC(=O)NCCc2ccc3c(c2)OCCO3)s1. The minimum absolute atomic E-state index is 0.284. The third kappa shape index (κ3) is 3.64. The van der Waals surface area contributed by atoms with Crippen molar-refractivity contribution in [2.75, 3.05) is 25.1 Å². The lowest BCUT2D eigenvalue weighted by Crippen LogP contribution is -2.30. The van der Waals surface area contributed by atoms with Crippen LogP contribution in [-0.4, -0.2) is 36.0 Å². The molecule has 0 bridgehead atoms. The Balaban J connectivity index is 1.47. The van der Waals surface area contributed by atoms with Crippen LogP contribution in [0.3, 0.4) is 0 Å². The first-order chi connectivity index (χ1) is 10.7. The highest BCUT2D eigenvalue weighted by molar-refractivity contribution is 7.15. The summed E-state index contributed by atoms with van der Waals surface area (Å²) < 4.78 is 11.0. The summed E-state index contributed by atoms with van der Waals surface area (Å²) in [6.07, 6.45) is 0.708. The second kappa shape index (κ2) is 6.61. The average Bonchev–Trinajstić information content (AvgIpc) is 2.92. The standard InChI is InChI=1S/C14H16N4O3S/c1-9-17-18-14(22-9)16-13(19)15-5-4-10-2-3-11-12(8-10)21-7-6-20-11/h2-3,8H,4-7H2,1H3,(H2,15,16,18,19). The fourth-order valence-corrected chi connectivity index (χ4v) is 2.64. The number of hydrogen-bond donors (Lipinski definition) is 2. The predicted octanol–water partition coefficient (Wildman–Crippen LogP) is 1.98. The van der Waals surface area contributed by atoms with Crippen molar-refractivity contribution in [3.8, 4) is 11.5 Å². The molecule has 22 heavy (non-hydrogen) atoms. The number of fused-ring (bicyclic) bond motifs is 1. The van der Waals surface area contributed by atoms with E-state index in [2.05, 4.69) is 20.8 Å². The number of rotatable bonds is 4. The van der Waals surface area contributed by atoms with Gasteiger partial charge in [-0.2, -0.15) is 0 Å². The normalized spacial score (nSPS) is 12.8. The highest BCUT2D eigenvalue weighted by atomic mass is 32.1. The second-order valence-corrected chi connectivity index (χ2v) is 5.92. The zero-order chi connectivity index (χ0) is 15.4. The van der Waals surface area contributed by atoms with Crippen LogP contribution in [0.2, 0.25) is 0 Å². The third-order valence-electron chi connectivity index (χ3n) is 3.05. The van der Waals surface area contributed by atoms with Gasteiger partial charge < -0.3 is 14.8 Å². The van der Waals surface area contributed by atoms with Gasteiger partial charge in [0.25, 0.3) is 0 Å². The molecule has 0 radical (unpaired) electrons. The molecule has 2 aromatic rings. The van der Waals surface area contributed by atoms with Gasteiger partial charge in [0.2, 0.25) is 5.13 Å². The van der Waals surface area contributed by atoms with Gasteiger partial charge in [0.1, 0.15) is 18.2 Å². The molecule has 2 amide bonds. The smallest absolute Gasteiger partial charge is 0.321 e. The van der Waals surface area contributed by atoms with Gasteiger partial charge in [-0.15, -0.1) is 10.2 Å². The fourth-order valence-electron chi connectivity index (χ4n) is 2.05. The Morgan fingerprint density at radius 3 is 2.86 bits per heavy atom. The van der Waals surface area contributed by atoms with Crippen LogP contribution < -0.4 is 20.1 Å². The molecule has 1 aliphatic heterocycles. The molecule has 0 saturated carbocycles. The highest BCUT2D eigenvalue weighted by Gasteiger charge is 2.11. The summed E-state index contributed by atoms with van der Waals surface area (Å²) in [5.41, 5.74) is 1.08. The molecule has 1 aromatic carbocycles. The van der Waals surface area contributed by atoms with E-state index >= 15 is 0 Å². The molecule has 0 spiro atoms.